The van der Waals surface area contributed by atoms with Crippen molar-refractivity contribution >= 4 is 23.4 Å². The summed E-state index contributed by atoms with van der Waals surface area (Å²) in [6, 6.07) is 2.41. The third kappa shape index (κ3) is 4.54. The second-order valence-corrected chi connectivity index (χ2v) is 5.06. The maximum Gasteiger partial charge on any atom is 0.191 e. The Morgan fingerprint density at radius 3 is 2.74 bits per heavy atom. The van der Waals surface area contributed by atoms with Crippen molar-refractivity contribution in [2.45, 2.75) is 31.5 Å². The van der Waals surface area contributed by atoms with Gasteiger partial charge < -0.3 is 15.0 Å². The molecule has 19 heavy (non-hydrogen) atoms. The summed E-state index contributed by atoms with van der Waals surface area (Å²) in [5.74, 6) is 1.80. The molecule has 1 unspecified atom stereocenters. The molecule has 6 heteroatoms. The van der Waals surface area contributed by atoms with Crippen LogP contribution in [0.25, 0.3) is 0 Å². The minimum atomic E-state index is 0.421. The Kier molecular flexibility index (Phi) is 6.94. The van der Waals surface area contributed by atoms with Crippen LogP contribution >= 0.6 is 11.8 Å². The van der Waals surface area contributed by atoms with Crippen LogP contribution in [0, 0.1) is 0 Å². The Labute approximate surface area is 120 Å². The van der Waals surface area contributed by atoms with Crippen molar-refractivity contribution in [1.29, 1.82) is 0 Å². The predicted octanol–water partition coefficient (Wildman–Crippen LogP) is 2.49. The van der Waals surface area contributed by atoms with E-state index in [1.54, 1.807) is 18.9 Å². The summed E-state index contributed by atoms with van der Waals surface area (Å²) in [4.78, 5) is 11.3. The molecule has 1 atom stereocenters. The molecule has 108 valence electrons. The molecule has 0 fully saturated rings. The van der Waals surface area contributed by atoms with Gasteiger partial charge in [0.2, 0.25) is 0 Å². The van der Waals surface area contributed by atoms with E-state index in [1.165, 1.54) is 0 Å². The largest absolute Gasteiger partial charge is 0.383 e. The van der Waals surface area contributed by atoms with Crippen LogP contribution in [0.1, 0.15) is 20.3 Å². The lowest BCUT2D eigenvalue weighted by atomic mass is 10.2. The molecule has 5 nitrogen and oxygen atoms in total. The fourth-order valence-corrected chi connectivity index (χ4v) is 2.12. The molecule has 0 aliphatic carbocycles. The van der Waals surface area contributed by atoms with Gasteiger partial charge in [-0.15, -0.1) is 0 Å². The highest BCUT2D eigenvalue weighted by Gasteiger charge is 2.16. The van der Waals surface area contributed by atoms with Gasteiger partial charge in [0.25, 0.3) is 0 Å². The Hall–Kier alpha value is -1.01. The van der Waals surface area contributed by atoms with E-state index in [0.717, 1.165) is 29.8 Å². The lowest BCUT2D eigenvalue weighted by Gasteiger charge is -2.29. The Morgan fingerprint density at radius 1 is 1.47 bits per heavy atom. The number of anilines is 2. The molecule has 0 aromatic carbocycles. The summed E-state index contributed by atoms with van der Waals surface area (Å²) in [6.07, 6.45) is 3.05. The van der Waals surface area contributed by atoms with Gasteiger partial charge in [-0.05, 0) is 19.6 Å². The van der Waals surface area contributed by atoms with Gasteiger partial charge >= 0.3 is 0 Å². The van der Waals surface area contributed by atoms with Gasteiger partial charge in [0.1, 0.15) is 11.6 Å². The van der Waals surface area contributed by atoms with Gasteiger partial charge in [-0.1, -0.05) is 18.7 Å². The van der Waals surface area contributed by atoms with E-state index in [2.05, 4.69) is 34.0 Å². The van der Waals surface area contributed by atoms with Gasteiger partial charge in [-0.25, -0.2) is 9.97 Å². The third-order valence-corrected chi connectivity index (χ3v) is 3.63. The molecular formula is C13H24N4OS. The molecule has 0 spiro atoms. The van der Waals surface area contributed by atoms with E-state index in [9.17, 15) is 0 Å². The molecule has 0 saturated carbocycles. The molecule has 0 bridgehead atoms. The van der Waals surface area contributed by atoms with Crippen molar-refractivity contribution in [3.05, 3.63) is 6.07 Å². The number of aromatic nitrogens is 2. The van der Waals surface area contributed by atoms with Crippen LogP contribution < -0.4 is 10.2 Å². The summed E-state index contributed by atoms with van der Waals surface area (Å²) in [6.45, 7) is 5.91. The van der Waals surface area contributed by atoms with Gasteiger partial charge in [0.05, 0.1) is 6.61 Å². The number of nitrogens with zero attached hydrogens (tertiary/aromatic N) is 3. The summed E-state index contributed by atoms with van der Waals surface area (Å²) < 4.78 is 5.20. The van der Waals surface area contributed by atoms with Crippen LogP contribution in [0.4, 0.5) is 11.6 Å². The van der Waals surface area contributed by atoms with E-state index >= 15 is 0 Å². The molecule has 0 saturated heterocycles. The number of hydrogen-bond donors (Lipinski definition) is 1. The monoisotopic (exact) mass is 284 g/mol. The molecular weight excluding hydrogens is 260 g/mol. The first kappa shape index (κ1) is 16.0. The first-order valence-corrected chi connectivity index (χ1v) is 7.75. The minimum absolute atomic E-state index is 0.421. The zero-order chi connectivity index (χ0) is 14.3. The highest BCUT2D eigenvalue weighted by molar-refractivity contribution is 7.98. The van der Waals surface area contributed by atoms with Gasteiger partial charge in [-0.2, -0.15) is 0 Å². The minimum Gasteiger partial charge on any atom is -0.383 e. The van der Waals surface area contributed by atoms with Crippen molar-refractivity contribution < 1.29 is 4.74 Å². The number of rotatable bonds is 8. The summed E-state index contributed by atoms with van der Waals surface area (Å²) in [7, 11) is 3.60. The topological polar surface area (TPSA) is 50.3 Å². The predicted molar refractivity (Wildman–Crippen MR) is 82.3 cm³/mol. The lowest BCUT2D eigenvalue weighted by Crippen LogP contribution is -2.36. The van der Waals surface area contributed by atoms with Crippen LogP contribution in [-0.2, 0) is 4.74 Å². The quantitative estimate of drug-likeness (QED) is 0.585. The summed E-state index contributed by atoms with van der Waals surface area (Å²) in [5.41, 5.74) is 0. The highest BCUT2D eigenvalue weighted by Crippen LogP contribution is 2.22. The second kappa shape index (κ2) is 8.22. The number of ether oxygens (including phenoxy) is 1. The Balaban J connectivity index is 3.05. The molecule has 1 heterocycles. The van der Waals surface area contributed by atoms with Crippen LogP contribution in [0.15, 0.2) is 11.2 Å². The summed E-state index contributed by atoms with van der Waals surface area (Å²) >= 11 is 1.55. The maximum atomic E-state index is 5.20. The van der Waals surface area contributed by atoms with E-state index < -0.39 is 0 Å². The highest BCUT2D eigenvalue weighted by atomic mass is 32.2. The number of methoxy groups -OCH3 is 1. The second-order valence-electron chi connectivity index (χ2n) is 4.29. The van der Waals surface area contributed by atoms with Crippen molar-refractivity contribution in [3.63, 3.8) is 0 Å². The molecule has 1 aromatic rings. The first-order chi connectivity index (χ1) is 9.15. The number of thioether (sulfide) groups is 1. The first-order valence-electron chi connectivity index (χ1n) is 6.52. The van der Waals surface area contributed by atoms with E-state index in [-0.39, 0.29) is 0 Å². The number of hydrogen-bond acceptors (Lipinski definition) is 6. The van der Waals surface area contributed by atoms with Gasteiger partial charge in [-0.3, -0.25) is 0 Å². The van der Waals surface area contributed by atoms with Crippen molar-refractivity contribution in [2.75, 3.05) is 43.8 Å². The van der Waals surface area contributed by atoms with Crippen molar-refractivity contribution in [2.24, 2.45) is 0 Å². The molecule has 1 aromatic heterocycles. The SMILES string of the molecule is CCC(C)N(CCOC)c1cc(NC)nc(SC)n1. The standard InChI is InChI=1S/C13H24N4OS/c1-6-10(2)17(7-8-18-4)12-9-11(14-3)15-13(16-12)19-5/h9-10H,6-8H2,1-5H3,(H,14,15,16). The smallest absolute Gasteiger partial charge is 0.191 e. The van der Waals surface area contributed by atoms with Crippen LogP contribution in [0.3, 0.4) is 0 Å². The fourth-order valence-electron chi connectivity index (χ4n) is 1.75. The molecule has 1 N–H and O–H groups in total. The average Bonchev–Trinajstić information content (AvgIpc) is 2.46. The Bertz CT molecular complexity index is 367. The van der Waals surface area contributed by atoms with Gasteiger partial charge in [0, 0.05) is 32.8 Å². The Morgan fingerprint density at radius 2 is 2.21 bits per heavy atom. The third-order valence-electron chi connectivity index (χ3n) is 3.08. The molecule has 0 radical (unpaired) electrons. The maximum absolute atomic E-state index is 5.20. The molecule has 0 aliphatic rings. The van der Waals surface area contributed by atoms with Crippen molar-refractivity contribution in [3.8, 4) is 0 Å². The number of nitrogens with one attached hydrogen (secondary N) is 1. The zero-order valence-corrected chi connectivity index (χ0v) is 13.3. The average molecular weight is 284 g/mol. The van der Waals surface area contributed by atoms with E-state index in [4.69, 9.17) is 4.74 Å². The normalized spacial score (nSPS) is 12.3. The van der Waals surface area contributed by atoms with Crippen molar-refractivity contribution in [1.82, 2.24) is 9.97 Å². The van der Waals surface area contributed by atoms with E-state index in [0.29, 0.717) is 12.6 Å². The zero-order valence-electron chi connectivity index (χ0n) is 12.4. The lowest BCUT2D eigenvalue weighted by molar-refractivity contribution is 0.203. The fraction of sp³-hybridized carbons (Fsp3) is 0.692. The van der Waals surface area contributed by atoms with E-state index in [1.807, 2.05) is 19.4 Å². The molecule has 0 amide bonds. The van der Waals surface area contributed by atoms with Crippen LogP contribution in [0.2, 0.25) is 0 Å². The van der Waals surface area contributed by atoms with Crippen LogP contribution in [0.5, 0.6) is 0 Å². The van der Waals surface area contributed by atoms with Gasteiger partial charge in [0.15, 0.2) is 5.16 Å². The summed E-state index contributed by atoms with van der Waals surface area (Å²) in [5, 5.41) is 3.87. The molecule has 0 aliphatic heterocycles. The molecule has 1 rings (SSSR count). The van der Waals surface area contributed by atoms with Crippen LogP contribution in [-0.4, -0.2) is 49.6 Å².